The summed E-state index contributed by atoms with van der Waals surface area (Å²) in [7, 11) is 0. The first kappa shape index (κ1) is 29.3. The third-order valence-corrected chi connectivity index (χ3v) is 12.9. The molecule has 1 unspecified atom stereocenters. The van der Waals surface area contributed by atoms with Gasteiger partial charge in [-0.1, -0.05) is 127 Å². The Morgan fingerprint density at radius 3 is 2.04 bits per heavy atom. The van der Waals surface area contributed by atoms with Crippen LogP contribution in [0.4, 0.5) is 0 Å². The van der Waals surface area contributed by atoms with Crippen LogP contribution in [0.2, 0.25) is 0 Å². The number of allylic oxidation sites excluding steroid dienone is 1. The molecule has 3 heterocycles. The molecule has 2 aromatic heterocycles. The third kappa shape index (κ3) is 4.29. The Morgan fingerprint density at radius 1 is 0.472 bits per heavy atom. The van der Waals surface area contributed by atoms with E-state index in [1.54, 1.807) is 0 Å². The molecule has 0 saturated heterocycles. The van der Waals surface area contributed by atoms with Crippen LogP contribution in [-0.2, 0) is 6.42 Å². The lowest BCUT2D eigenvalue weighted by atomic mass is 9.87. The summed E-state index contributed by atoms with van der Waals surface area (Å²) in [6.45, 7) is 0. The van der Waals surface area contributed by atoms with Crippen LogP contribution in [-0.4, -0.2) is 9.13 Å². The number of benzene rings is 8. The van der Waals surface area contributed by atoms with E-state index in [0.717, 1.165) is 6.42 Å². The maximum absolute atomic E-state index is 2.57. The minimum Gasteiger partial charge on any atom is -0.312 e. The Kier molecular flexibility index (Phi) is 6.14. The van der Waals surface area contributed by atoms with E-state index in [-0.39, 0.29) is 0 Å². The predicted octanol–water partition coefficient (Wildman–Crippen LogP) is 13.5. The quantitative estimate of drug-likeness (QED) is 0.179. The summed E-state index contributed by atoms with van der Waals surface area (Å²) in [6, 6.07) is 62.9. The van der Waals surface area contributed by atoms with Crippen LogP contribution in [0.5, 0.6) is 0 Å². The van der Waals surface area contributed by atoms with Crippen molar-refractivity contribution in [2.45, 2.75) is 17.2 Å². The molecular weight excluding hydrogens is 661 g/mol. The van der Waals surface area contributed by atoms with Gasteiger partial charge < -0.3 is 9.13 Å². The average molecular weight is 693 g/mol. The third-order valence-electron chi connectivity index (χ3n) is 11.7. The highest BCUT2D eigenvalue weighted by atomic mass is 32.2. The monoisotopic (exact) mass is 692 g/mol. The van der Waals surface area contributed by atoms with Crippen molar-refractivity contribution >= 4 is 72.1 Å². The number of fused-ring (bicyclic) bond motifs is 11. The van der Waals surface area contributed by atoms with Crippen LogP contribution in [0.15, 0.2) is 180 Å². The molecular formula is C50H32N2S. The first-order valence-corrected chi connectivity index (χ1v) is 19.3. The van der Waals surface area contributed by atoms with E-state index in [0.29, 0.717) is 5.92 Å². The number of hydrogen-bond acceptors (Lipinski definition) is 1. The van der Waals surface area contributed by atoms with Crippen LogP contribution >= 0.6 is 11.8 Å². The Labute approximate surface area is 311 Å². The van der Waals surface area contributed by atoms with Gasteiger partial charge in [0.25, 0.3) is 0 Å². The van der Waals surface area contributed by atoms with Gasteiger partial charge in [0.1, 0.15) is 0 Å². The molecule has 3 heteroatoms. The first-order chi connectivity index (χ1) is 26.3. The molecule has 2 aliphatic rings. The highest BCUT2D eigenvalue weighted by Crippen LogP contribution is 2.54. The molecule has 0 saturated carbocycles. The summed E-state index contributed by atoms with van der Waals surface area (Å²) in [6.07, 6.45) is 3.49. The molecule has 12 rings (SSSR count). The molecule has 0 fully saturated rings. The van der Waals surface area contributed by atoms with Crippen LogP contribution in [0.3, 0.4) is 0 Å². The van der Waals surface area contributed by atoms with Gasteiger partial charge in [-0.2, -0.15) is 0 Å². The van der Waals surface area contributed by atoms with Crippen molar-refractivity contribution in [1.29, 1.82) is 0 Å². The van der Waals surface area contributed by atoms with Gasteiger partial charge in [0.15, 0.2) is 0 Å². The average Bonchev–Trinajstić information content (AvgIpc) is 3.86. The molecule has 0 N–H and O–H groups in total. The highest BCUT2D eigenvalue weighted by molar-refractivity contribution is 8.03. The summed E-state index contributed by atoms with van der Waals surface area (Å²) in [4.78, 5) is 2.86. The van der Waals surface area contributed by atoms with Gasteiger partial charge in [-0.25, -0.2) is 0 Å². The molecule has 10 aromatic rings. The van der Waals surface area contributed by atoms with Gasteiger partial charge in [0, 0.05) is 55.7 Å². The van der Waals surface area contributed by atoms with E-state index < -0.39 is 0 Å². The summed E-state index contributed by atoms with van der Waals surface area (Å²) < 4.78 is 4.99. The normalized spacial score (nSPS) is 14.9. The summed E-state index contributed by atoms with van der Waals surface area (Å²) in [5.74, 6) is 0.392. The van der Waals surface area contributed by atoms with E-state index in [9.17, 15) is 0 Å². The molecule has 248 valence electrons. The van der Waals surface area contributed by atoms with Crippen molar-refractivity contribution < 1.29 is 0 Å². The molecule has 8 aromatic carbocycles. The van der Waals surface area contributed by atoms with E-state index in [1.165, 1.54) is 103 Å². The fraction of sp³-hybridized carbons (Fsp3) is 0.0400. The van der Waals surface area contributed by atoms with Crippen molar-refractivity contribution in [2.75, 3.05) is 0 Å². The predicted molar refractivity (Wildman–Crippen MR) is 225 cm³/mol. The number of thioether (sulfide) groups is 1. The van der Waals surface area contributed by atoms with Gasteiger partial charge in [-0.15, -0.1) is 0 Å². The van der Waals surface area contributed by atoms with Gasteiger partial charge in [0.05, 0.1) is 22.2 Å². The lowest BCUT2D eigenvalue weighted by Crippen LogP contribution is -2.11. The lowest BCUT2D eigenvalue weighted by molar-refractivity contribution is 0.773. The van der Waals surface area contributed by atoms with Crippen molar-refractivity contribution in [3.05, 3.63) is 192 Å². The Morgan fingerprint density at radius 2 is 1.15 bits per heavy atom. The number of hydrogen-bond donors (Lipinski definition) is 0. The van der Waals surface area contributed by atoms with E-state index in [4.69, 9.17) is 0 Å². The van der Waals surface area contributed by atoms with Crippen molar-refractivity contribution in [1.82, 2.24) is 9.13 Å². The summed E-state index contributed by atoms with van der Waals surface area (Å²) in [5, 5.41) is 8.91. The second-order valence-electron chi connectivity index (χ2n) is 14.5. The van der Waals surface area contributed by atoms with Gasteiger partial charge >= 0.3 is 0 Å². The summed E-state index contributed by atoms with van der Waals surface area (Å²) >= 11 is 1.95. The Hall–Kier alpha value is -6.29. The van der Waals surface area contributed by atoms with Gasteiger partial charge in [0.2, 0.25) is 0 Å². The molecule has 0 bridgehead atoms. The minimum absolute atomic E-state index is 0.392. The zero-order chi connectivity index (χ0) is 34.6. The zero-order valence-corrected chi connectivity index (χ0v) is 29.6. The number of para-hydroxylation sites is 1. The Balaban J connectivity index is 1.06. The maximum Gasteiger partial charge on any atom is 0.0541 e. The minimum atomic E-state index is 0.392. The molecule has 0 amide bonds. The summed E-state index contributed by atoms with van der Waals surface area (Å²) in [5.41, 5.74) is 12.8. The first-order valence-electron chi connectivity index (χ1n) is 18.4. The lowest BCUT2D eigenvalue weighted by Gasteiger charge is -2.21. The molecule has 0 spiro atoms. The molecule has 1 aliphatic carbocycles. The van der Waals surface area contributed by atoms with Crippen LogP contribution in [0, 0.1) is 0 Å². The fourth-order valence-electron chi connectivity index (χ4n) is 9.22. The number of aromatic nitrogens is 2. The number of nitrogens with zero attached hydrogens (tertiary/aromatic N) is 2. The van der Waals surface area contributed by atoms with E-state index in [1.807, 2.05) is 11.8 Å². The SMILES string of the molecule is C1=C2Sc3ccccc3C2Cc2c1c1cc(-c3ccc4c(c3)c3ccccc3n4-c3ccc4ccccc4c3)ccc1n2-c1cccc2ccccc12. The van der Waals surface area contributed by atoms with Crippen molar-refractivity contribution in [3.8, 4) is 22.5 Å². The largest absolute Gasteiger partial charge is 0.312 e. The Bertz CT molecular complexity index is 3190. The van der Waals surface area contributed by atoms with Crippen molar-refractivity contribution in [3.63, 3.8) is 0 Å². The van der Waals surface area contributed by atoms with Crippen LogP contribution in [0.25, 0.3) is 82.8 Å². The highest BCUT2D eigenvalue weighted by Gasteiger charge is 2.34. The second kappa shape index (κ2) is 11.1. The van der Waals surface area contributed by atoms with Crippen LogP contribution in [0.1, 0.15) is 22.7 Å². The van der Waals surface area contributed by atoms with Gasteiger partial charge in [-0.3, -0.25) is 0 Å². The molecule has 53 heavy (non-hydrogen) atoms. The molecule has 2 nitrogen and oxygen atoms in total. The maximum atomic E-state index is 2.57. The standard InChI is InChI=1S/C50H32N2S/c1-2-12-33-26-36(23-20-31(33)10-1)51-45-17-7-5-15-38(45)40-27-34(21-24-46(40)51)35-22-25-47-41(28-35)42-30-50-43(39-16-6-8-19-49(39)53-50)29-48(42)52(47)44-18-9-13-32-11-3-4-14-37(32)44/h1-28,30,43H,29H2. The molecule has 1 atom stereocenters. The smallest absolute Gasteiger partial charge is 0.0541 e. The fourth-order valence-corrected chi connectivity index (χ4v) is 10.5. The molecule has 0 radical (unpaired) electrons. The second-order valence-corrected chi connectivity index (χ2v) is 15.6. The molecule has 1 aliphatic heterocycles. The number of rotatable bonds is 3. The zero-order valence-electron chi connectivity index (χ0n) is 28.8. The van der Waals surface area contributed by atoms with E-state index >= 15 is 0 Å². The van der Waals surface area contributed by atoms with Gasteiger partial charge in [-0.05, 0) is 98.4 Å². The van der Waals surface area contributed by atoms with Crippen LogP contribution < -0.4 is 0 Å². The van der Waals surface area contributed by atoms with Crippen molar-refractivity contribution in [2.24, 2.45) is 0 Å². The van der Waals surface area contributed by atoms with E-state index in [2.05, 4.69) is 185 Å². The topological polar surface area (TPSA) is 9.86 Å².